The minimum Gasteiger partial charge on any atom is -0.489 e. The number of hydrogen-bond donors (Lipinski definition) is 1. The molecule has 1 aliphatic carbocycles. The zero-order valence-corrected chi connectivity index (χ0v) is 20.0. The van der Waals surface area contributed by atoms with E-state index in [2.05, 4.69) is 39.2 Å². The van der Waals surface area contributed by atoms with Gasteiger partial charge in [0.25, 0.3) is 0 Å². The summed E-state index contributed by atoms with van der Waals surface area (Å²) in [6, 6.07) is 4.24. The molecule has 34 heavy (non-hydrogen) atoms. The minimum atomic E-state index is -0.752. The largest absolute Gasteiger partial charge is 0.489 e. The Morgan fingerprint density at radius 1 is 1.32 bits per heavy atom. The minimum absolute atomic E-state index is 0.121. The molecule has 1 fully saturated rings. The molecule has 3 aromatic rings. The average Bonchev–Trinajstić information content (AvgIpc) is 3.45. The molecule has 0 aliphatic heterocycles. The first-order valence-electron chi connectivity index (χ1n) is 11.7. The summed E-state index contributed by atoms with van der Waals surface area (Å²) in [7, 11) is 1.80. The zero-order chi connectivity index (χ0) is 24.2. The number of carbonyl (C=O) groups is 1. The van der Waals surface area contributed by atoms with Gasteiger partial charge in [0.15, 0.2) is 0 Å². The van der Waals surface area contributed by atoms with Crippen LogP contribution in [0.4, 0.5) is 0 Å². The summed E-state index contributed by atoms with van der Waals surface area (Å²) in [4.78, 5) is 20.2. The molecule has 0 aromatic carbocycles. The van der Waals surface area contributed by atoms with Crippen LogP contribution in [0.25, 0.3) is 11.4 Å². The van der Waals surface area contributed by atoms with Gasteiger partial charge in [-0.2, -0.15) is 4.98 Å². The van der Waals surface area contributed by atoms with Crippen LogP contribution in [0.15, 0.2) is 18.5 Å². The van der Waals surface area contributed by atoms with Gasteiger partial charge in [-0.1, -0.05) is 12.1 Å². The monoisotopic (exact) mass is 469 g/mol. The number of carboxylic acids is 1. The van der Waals surface area contributed by atoms with Crippen LogP contribution >= 0.6 is 0 Å². The highest BCUT2D eigenvalue weighted by Crippen LogP contribution is 2.30. The molecule has 0 saturated heterocycles. The fraction of sp³-hybridized carbons (Fsp3) is 0.565. The van der Waals surface area contributed by atoms with Crippen LogP contribution in [0, 0.1) is 12.8 Å². The van der Waals surface area contributed by atoms with Crippen LogP contribution in [0.1, 0.15) is 63.4 Å². The third kappa shape index (κ3) is 5.18. The lowest BCUT2D eigenvalue weighted by molar-refractivity contribution is -0.143. The van der Waals surface area contributed by atoms with Crippen LogP contribution < -0.4 is 9.47 Å². The van der Waals surface area contributed by atoms with E-state index in [0.717, 1.165) is 25.0 Å². The molecular formula is C23H31N7O4. The summed E-state index contributed by atoms with van der Waals surface area (Å²) < 4.78 is 15.4. The first kappa shape index (κ1) is 23.7. The highest BCUT2D eigenvalue weighted by molar-refractivity contribution is 5.70. The first-order chi connectivity index (χ1) is 16.4. The van der Waals surface area contributed by atoms with E-state index in [0.29, 0.717) is 41.7 Å². The molecule has 0 bridgehead atoms. The van der Waals surface area contributed by atoms with E-state index in [1.165, 1.54) is 0 Å². The van der Waals surface area contributed by atoms with Gasteiger partial charge in [0.2, 0.25) is 0 Å². The molecule has 1 N–H and O–H groups in total. The van der Waals surface area contributed by atoms with Crippen LogP contribution in [-0.2, 0) is 18.4 Å². The van der Waals surface area contributed by atoms with Crippen molar-refractivity contribution in [3.8, 4) is 23.1 Å². The van der Waals surface area contributed by atoms with Crippen molar-refractivity contribution in [2.24, 2.45) is 13.0 Å². The number of aryl methyl sites for hydroxylation is 2. The van der Waals surface area contributed by atoms with Gasteiger partial charge in [-0.25, -0.2) is 14.3 Å². The molecule has 3 heterocycles. The van der Waals surface area contributed by atoms with Crippen molar-refractivity contribution in [2.75, 3.05) is 0 Å². The smallest absolute Gasteiger partial charge is 0.335 e. The zero-order valence-electron chi connectivity index (χ0n) is 20.0. The summed E-state index contributed by atoms with van der Waals surface area (Å²) >= 11 is 0. The van der Waals surface area contributed by atoms with Crippen LogP contribution in [0.3, 0.4) is 0 Å². The van der Waals surface area contributed by atoms with Crippen molar-refractivity contribution in [1.29, 1.82) is 0 Å². The molecule has 11 heteroatoms. The van der Waals surface area contributed by atoms with Crippen LogP contribution in [0.5, 0.6) is 11.8 Å². The Kier molecular flexibility index (Phi) is 7.09. The van der Waals surface area contributed by atoms with Gasteiger partial charge in [0, 0.05) is 7.05 Å². The predicted molar refractivity (Wildman–Crippen MR) is 122 cm³/mol. The van der Waals surface area contributed by atoms with Crippen molar-refractivity contribution in [3.05, 3.63) is 29.8 Å². The topological polar surface area (TPSA) is 130 Å². The molecule has 0 spiro atoms. The van der Waals surface area contributed by atoms with E-state index in [-0.39, 0.29) is 24.7 Å². The highest BCUT2D eigenvalue weighted by atomic mass is 16.5. The Morgan fingerprint density at radius 2 is 2.15 bits per heavy atom. The maximum Gasteiger partial charge on any atom is 0.335 e. The molecule has 3 aromatic heterocycles. The number of nitrogens with zero attached hydrogens (tertiary/aromatic N) is 7. The first-order valence-corrected chi connectivity index (χ1v) is 11.7. The maximum absolute atomic E-state index is 11.3. The van der Waals surface area contributed by atoms with Crippen molar-refractivity contribution < 1.29 is 19.4 Å². The summed E-state index contributed by atoms with van der Waals surface area (Å²) in [5, 5.41) is 22.1. The lowest BCUT2D eigenvalue weighted by Gasteiger charge is -2.27. The summed E-state index contributed by atoms with van der Waals surface area (Å²) in [5.41, 5.74) is 2.72. The number of aromatic nitrogens is 7. The predicted octanol–water partition coefficient (Wildman–Crippen LogP) is 3.35. The molecule has 182 valence electrons. The lowest BCUT2D eigenvalue weighted by Crippen LogP contribution is -2.29. The van der Waals surface area contributed by atoms with Crippen LogP contribution in [0.2, 0.25) is 0 Å². The second kappa shape index (κ2) is 10.2. The molecular weight excluding hydrogens is 438 g/mol. The Bertz CT molecular complexity index is 1140. The number of hydrogen-bond acceptors (Lipinski definition) is 8. The average molecular weight is 470 g/mol. The number of carboxylic acid groups (broad SMARTS) is 1. The van der Waals surface area contributed by atoms with E-state index >= 15 is 0 Å². The maximum atomic E-state index is 11.3. The standard InChI is InChI=1S/C23H31N7O4/c1-5-14(2)30-13-24-23(27-30)33-12-19-21(26-28-29(19)4)18-9-10-20(15(3)25-18)34-17-8-6-7-16(11-17)22(31)32/h9-10,13-14,16-17H,5-8,11-12H2,1-4H3,(H,31,32)/t14?,16-,17-/m0/s1. The molecule has 1 aliphatic rings. The molecule has 1 unspecified atom stereocenters. The highest BCUT2D eigenvalue weighted by Gasteiger charge is 2.28. The number of aliphatic carboxylic acids is 1. The fourth-order valence-electron chi connectivity index (χ4n) is 4.06. The van der Waals surface area contributed by atoms with Gasteiger partial charge in [-0.3, -0.25) is 4.79 Å². The van der Waals surface area contributed by atoms with E-state index in [1.54, 1.807) is 22.7 Å². The Hall–Kier alpha value is -3.50. The van der Waals surface area contributed by atoms with Crippen molar-refractivity contribution in [2.45, 2.75) is 71.6 Å². The molecule has 0 amide bonds. The van der Waals surface area contributed by atoms with Gasteiger partial charge < -0.3 is 14.6 Å². The summed E-state index contributed by atoms with van der Waals surface area (Å²) in [6.45, 7) is 6.23. The van der Waals surface area contributed by atoms with Crippen molar-refractivity contribution in [1.82, 2.24) is 34.7 Å². The third-order valence-electron chi connectivity index (χ3n) is 6.36. The van der Waals surface area contributed by atoms with E-state index in [1.807, 2.05) is 19.1 Å². The quantitative estimate of drug-likeness (QED) is 0.501. The van der Waals surface area contributed by atoms with Gasteiger partial charge in [-0.05, 0) is 58.1 Å². The third-order valence-corrected chi connectivity index (χ3v) is 6.36. The van der Waals surface area contributed by atoms with E-state index in [4.69, 9.17) is 9.47 Å². The molecule has 3 atom stereocenters. The van der Waals surface area contributed by atoms with Crippen molar-refractivity contribution in [3.63, 3.8) is 0 Å². The second-order valence-corrected chi connectivity index (χ2v) is 8.78. The number of rotatable bonds is 9. The van der Waals surface area contributed by atoms with E-state index < -0.39 is 5.97 Å². The normalized spacial score (nSPS) is 19.1. The Labute approximate surface area is 198 Å². The molecule has 0 radical (unpaired) electrons. The summed E-state index contributed by atoms with van der Waals surface area (Å²) in [5.74, 6) is -0.446. The van der Waals surface area contributed by atoms with Gasteiger partial charge in [0.05, 0.1) is 29.5 Å². The van der Waals surface area contributed by atoms with Crippen LogP contribution in [-0.4, -0.2) is 51.9 Å². The second-order valence-electron chi connectivity index (χ2n) is 8.78. The summed E-state index contributed by atoms with van der Waals surface area (Å²) in [6.07, 6.45) is 5.41. The number of ether oxygens (including phenoxy) is 2. The number of pyridine rings is 1. The molecule has 11 nitrogen and oxygen atoms in total. The molecule has 4 rings (SSSR count). The molecule has 1 saturated carbocycles. The van der Waals surface area contributed by atoms with Crippen molar-refractivity contribution >= 4 is 5.97 Å². The lowest BCUT2D eigenvalue weighted by atomic mass is 9.87. The van der Waals surface area contributed by atoms with Gasteiger partial charge >= 0.3 is 12.0 Å². The fourth-order valence-corrected chi connectivity index (χ4v) is 4.06. The Morgan fingerprint density at radius 3 is 2.88 bits per heavy atom. The van der Waals surface area contributed by atoms with Gasteiger partial charge in [0.1, 0.15) is 30.1 Å². The Balaban J connectivity index is 1.46. The van der Waals surface area contributed by atoms with Gasteiger partial charge in [-0.15, -0.1) is 10.2 Å². The van der Waals surface area contributed by atoms with E-state index in [9.17, 15) is 9.90 Å². The SMILES string of the molecule is CCC(C)n1cnc(OCc2c(-c3ccc(O[C@H]4CCC[C@H](C(=O)O)C4)c(C)n3)nnn2C)n1.